The zero-order valence-electron chi connectivity index (χ0n) is 17.7. The third kappa shape index (κ3) is 6.23. The van der Waals surface area contributed by atoms with Gasteiger partial charge in [0.15, 0.2) is 0 Å². The van der Waals surface area contributed by atoms with Gasteiger partial charge < -0.3 is 4.74 Å². The van der Waals surface area contributed by atoms with Gasteiger partial charge in [0.25, 0.3) is 0 Å². The molecule has 2 fully saturated rings. The molecule has 2 aliphatic rings. The summed E-state index contributed by atoms with van der Waals surface area (Å²) in [6.07, 6.45) is 4.95. The van der Waals surface area contributed by atoms with Crippen molar-refractivity contribution in [3.05, 3.63) is 35.6 Å². The highest BCUT2D eigenvalue weighted by molar-refractivity contribution is 7.88. The predicted molar refractivity (Wildman–Crippen MR) is 114 cm³/mol. The minimum absolute atomic E-state index is 0.246. The number of ether oxygens (including phenoxy) is 1. The highest BCUT2D eigenvalue weighted by Gasteiger charge is 2.34. The summed E-state index contributed by atoms with van der Waals surface area (Å²) in [6, 6.07) is 7.08. The second-order valence-corrected chi connectivity index (χ2v) is 10.7. The van der Waals surface area contributed by atoms with Crippen LogP contribution in [0.4, 0.5) is 4.39 Å². The van der Waals surface area contributed by atoms with Crippen molar-refractivity contribution in [2.24, 2.45) is 5.92 Å². The van der Waals surface area contributed by atoms with Crippen LogP contribution >= 0.6 is 0 Å². The third-order valence-electron chi connectivity index (χ3n) is 6.21. The molecular weight excluding hydrogens is 391 g/mol. The normalized spacial score (nSPS) is 20.6. The highest BCUT2D eigenvalue weighted by Crippen LogP contribution is 2.27. The maximum absolute atomic E-state index is 13.9. The molecule has 1 aromatic carbocycles. The molecule has 2 aliphatic heterocycles. The molecule has 0 bridgehead atoms. The van der Waals surface area contributed by atoms with Crippen molar-refractivity contribution < 1.29 is 17.5 Å². The van der Waals surface area contributed by atoms with Crippen molar-refractivity contribution in [3.63, 3.8) is 0 Å². The molecule has 0 radical (unpaired) electrons. The van der Waals surface area contributed by atoms with E-state index in [1.807, 2.05) is 0 Å². The maximum Gasteiger partial charge on any atom is 0.218 e. The summed E-state index contributed by atoms with van der Waals surface area (Å²) in [5.41, 5.74) is 0.246. The molecule has 0 saturated carbocycles. The van der Waals surface area contributed by atoms with E-state index >= 15 is 0 Å². The molecule has 0 aromatic heterocycles. The number of hydrogen-bond donors (Lipinski definition) is 0. The van der Waals surface area contributed by atoms with Crippen LogP contribution < -0.4 is 0 Å². The van der Waals surface area contributed by atoms with E-state index < -0.39 is 15.8 Å². The Bertz CT molecular complexity index is 742. The first kappa shape index (κ1) is 22.7. The van der Waals surface area contributed by atoms with Crippen molar-refractivity contribution in [2.45, 2.75) is 63.8 Å². The maximum atomic E-state index is 13.9. The van der Waals surface area contributed by atoms with Crippen molar-refractivity contribution in [2.75, 3.05) is 32.8 Å². The molecule has 0 N–H and O–H groups in total. The zero-order valence-corrected chi connectivity index (χ0v) is 18.5. The quantitative estimate of drug-likeness (QED) is 0.637. The molecule has 5 nitrogen and oxygen atoms in total. The Kier molecular flexibility index (Phi) is 8.07. The summed E-state index contributed by atoms with van der Waals surface area (Å²) in [7, 11) is -3.50. The second kappa shape index (κ2) is 10.3. The SMILES string of the molecule is CC(C)CCN(C1CCOCC1)C1CCN(S(=O)(=O)Cc2ccccc2F)CC1. The summed E-state index contributed by atoms with van der Waals surface area (Å²) < 4.78 is 46.7. The van der Waals surface area contributed by atoms with Gasteiger partial charge in [0, 0.05) is 44.0 Å². The summed E-state index contributed by atoms with van der Waals surface area (Å²) in [5, 5.41) is 0. The number of piperidine rings is 1. The average Bonchev–Trinajstić information content (AvgIpc) is 2.71. The van der Waals surface area contributed by atoms with Crippen LogP contribution in [-0.2, 0) is 20.5 Å². The molecule has 29 heavy (non-hydrogen) atoms. The standard InChI is InChI=1S/C22H35FN2O3S/c1-18(2)7-14-25(21-10-15-28-16-11-21)20-8-12-24(13-9-20)29(26,27)17-19-5-3-4-6-22(19)23/h3-6,18,20-21H,7-17H2,1-2H3. The van der Waals surface area contributed by atoms with E-state index in [9.17, 15) is 12.8 Å². The lowest BCUT2D eigenvalue weighted by Crippen LogP contribution is -2.52. The monoisotopic (exact) mass is 426 g/mol. The molecule has 1 aromatic rings. The van der Waals surface area contributed by atoms with Crippen LogP contribution in [0.3, 0.4) is 0 Å². The molecule has 0 unspecified atom stereocenters. The van der Waals surface area contributed by atoms with Crippen LogP contribution in [0.1, 0.15) is 51.5 Å². The predicted octanol–water partition coefficient (Wildman–Crippen LogP) is 3.65. The van der Waals surface area contributed by atoms with Gasteiger partial charge in [-0.3, -0.25) is 4.90 Å². The molecule has 0 amide bonds. The van der Waals surface area contributed by atoms with Gasteiger partial charge in [0.1, 0.15) is 5.82 Å². The van der Waals surface area contributed by atoms with Crippen LogP contribution in [0.15, 0.2) is 24.3 Å². The van der Waals surface area contributed by atoms with E-state index in [1.165, 1.54) is 6.07 Å². The molecular formula is C22H35FN2O3S. The first-order chi connectivity index (χ1) is 13.9. The molecule has 2 saturated heterocycles. The van der Waals surface area contributed by atoms with Crippen molar-refractivity contribution in [3.8, 4) is 0 Å². The Labute approximate surface area is 175 Å². The fourth-order valence-corrected chi connectivity index (χ4v) is 6.02. The lowest BCUT2D eigenvalue weighted by Gasteiger charge is -2.43. The summed E-state index contributed by atoms with van der Waals surface area (Å²) in [5.74, 6) is -0.0645. The molecule has 0 aliphatic carbocycles. The smallest absolute Gasteiger partial charge is 0.218 e. The lowest BCUT2D eigenvalue weighted by molar-refractivity contribution is 0.00495. The minimum atomic E-state index is -3.50. The van der Waals surface area contributed by atoms with E-state index in [0.29, 0.717) is 31.1 Å². The van der Waals surface area contributed by atoms with Gasteiger partial charge in [-0.2, -0.15) is 0 Å². The number of sulfonamides is 1. The third-order valence-corrected chi connectivity index (χ3v) is 8.03. The van der Waals surface area contributed by atoms with Crippen LogP contribution in [0.2, 0.25) is 0 Å². The summed E-state index contributed by atoms with van der Waals surface area (Å²) in [6.45, 7) is 8.23. The first-order valence-electron chi connectivity index (χ1n) is 10.9. The van der Waals surface area contributed by atoms with Gasteiger partial charge in [-0.15, -0.1) is 0 Å². The summed E-state index contributed by atoms with van der Waals surface area (Å²) >= 11 is 0. The average molecular weight is 427 g/mol. The van der Waals surface area contributed by atoms with Crippen molar-refractivity contribution >= 4 is 10.0 Å². The topological polar surface area (TPSA) is 49.9 Å². The molecule has 0 atom stereocenters. The van der Waals surface area contributed by atoms with E-state index in [1.54, 1.807) is 22.5 Å². The second-order valence-electron chi connectivity index (χ2n) is 8.74. The zero-order chi connectivity index (χ0) is 20.9. The Morgan fingerprint density at radius 2 is 1.72 bits per heavy atom. The van der Waals surface area contributed by atoms with Crippen LogP contribution in [0, 0.1) is 11.7 Å². The van der Waals surface area contributed by atoms with Crippen LogP contribution in [0.25, 0.3) is 0 Å². The number of hydrogen-bond acceptors (Lipinski definition) is 4. The van der Waals surface area contributed by atoms with E-state index in [-0.39, 0.29) is 11.3 Å². The fraction of sp³-hybridized carbons (Fsp3) is 0.727. The number of halogens is 1. The Morgan fingerprint density at radius 3 is 2.34 bits per heavy atom. The Balaban J connectivity index is 1.61. The largest absolute Gasteiger partial charge is 0.381 e. The van der Waals surface area contributed by atoms with Gasteiger partial charge >= 0.3 is 0 Å². The molecule has 164 valence electrons. The van der Waals surface area contributed by atoms with E-state index in [4.69, 9.17) is 4.74 Å². The van der Waals surface area contributed by atoms with Crippen LogP contribution in [-0.4, -0.2) is 62.6 Å². The van der Waals surface area contributed by atoms with E-state index in [2.05, 4.69) is 18.7 Å². The first-order valence-corrected chi connectivity index (χ1v) is 12.5. The van der Waals surface area contributed by atoms with Gasteiger partial charge in [-0.1, -0.05) is 32.0 Å². The molecule has 0 spiro atoms. The number of benzene rings is 1. The van der Waals surface area contributed by atoms with E-state index in [0.717, 1.165) is 51.9 Å². The molecule has 7 heteroatoms. The number of nitrogens with zero attached hydrogens (tertiary/aromatic N) is 2. The molecule has 3 rings (SSSR count). The minimum Gasteiger partial charge on any atom is -0.381 e. The Morgan fingerprint density at radius 1 is 1.10 bits per heavy atom. The van der Waals surface area contributed by atoms with Crippen LogP contribution in [0.5, 0.6) is 0 Å². The fourth-order valence-electron chi connectivity index (χ4n) is 4.44. The summed E-state index contributed by atoms with van der Waals surface area (Å²) in [4.78, 5) is 2.63. The van der Waals surface area contributed by atoms with Gasteiger partial charge in [-0.05, 0) is 50.6 Å². The van der Waals surface area contributed by atoms with Gasteiger partial charge in [0.05, 0.1) is 5.75 Å². The van der Waals surface area contributed by atoms with Gasteiger partial charge in [-0.25, -0.2) is 17.1 Å². The highest BCUT2D eigenvalue weighted by atomic mass is 32.2. The van der Waals surface area contributed by atoms with Crippen molar-refractivity contribution in [1.29, 1.82) is 0 Å². The van der Waals surface area contributed by atoms with Gasteiger partial charge in [0.2, 0.25) is 10.0 Å². The Hall–Kier alpha value is -1.02. The van der Waals surface area contributed by atoms with Crippen molar-refractivity contribution in [1.82, 2.24) is 9.21 Å². The number of rotatable bonds is 8. The molecule has 2 heterocycles. The lowest BCUT2D eigenvalue weighted by atomic mass is 9.97.